The number of nitrogens with zero attached hydrogens (tertiary/aromatic N) is 2. The maximum absolute atomic E-state index is 5.48. The molecule has 0 saturated heterocycles. The van der Waals surface area contributed by atoms with E-state index in [1.807, 2.05) is 23.9 Å². The van der Waals surface area contributed by atoms with Crippen LogP contribution in [0.1, 0.15) is 38.5 Å². The van der Waals surface area contributed by atoms with E-state index in [0.717, 1.165) is 49.4 Å². The van der Waals surface area contributed by atoms with E-state index < -0.39 is 0 Å². The van der Waals surface area contributed by atoms with Gasteiger partial charge in [0, 0.05) is 16.9 Å². The predicted octanol–water partition coefficient (Wildman–Crippen LogP) is 3.91. The van der Waals surface area contributed by atoms with E-state index in [1.54, 1.807) is 0 Å². The van der Waals surface area contributed by atoms with Gasteiger partial charge in [-0.2, -0.15) is 4.98 Å². The molecule has 0 amide bonds. The van der Waals surface area contributed by atoms with Crippen LogP contribution in [0.25, 0.3) is 11.4 Å². The summed E-state index contributed by atoms with van der Waals surface area (Å²) in [5.41, 5.74) is 6.48. The Morgan fingerprint density at radius 3 is 2.57 bits per heavy atom. The van der Waals surface area contributed by atoms with Crippen LogP contribution in [0.5, 0.6) is 0 Å². The van der Waals surface area contributed by atoms with Crippen LogP contribution in [0, 0.1) is 0 Å². The minimum atomic E-state index is 0.681. The minimum Gasteiger partial charge on any atom is -0.339 e. The number of aromatic nitrogens is 2. The molecule has 1 heterocycles. The smallest absolute Gasteiger partial charge is 0.226 e. The van der Waals surface area contributed by atoms with Gasteiger partial charge >= 0.3 is 0 Å². The summed E-state index contributed by atoms with van der Waals surface area (Å²) in [4.78, 5) is 5.73. The fourth-order valence-corrected chi connectivity index (χ4v) is 2.78. The average molecular weight is 305 g/mol. The second kappa shape index (κ2) is 8.85. The molecule has 5 heteroatoms. The van der Waals surface area contributed by atoms with Crippen molar-refractivity contribution in [2.24, 2.45) is 5.73 Å². The Hall–Kier alpha value is -1.33. The maximum Gasteiger partial charge on any atom is 0.226 e. The Kier molecular flexibility index (Phi) is 6.76. The number of nitrogens with two attached hydrogens (primary N) is 1. The van der Waals surface area contributed by atoms with E-state index in [-0.39, 0.29) is 0 Å². The molecule has 1 aromatic heterocycles. The molecule has 114 valence electrons. The number of rotatable bonds is 9. The lowest BCUT2D eigenvalue weighted by atomic mass is 10.1. The highest BCUT2D eigenvalue weighted by Crippen LogP contribution is 2.22. The van der Waals surface area contributed by atoms with Gasteiger partial charge in [-0.25, -0.2) is 0 Å². The third kappa shape index (κ3) is 5.17. The molecular weight excluding hydrogens is 282 g/mol. The molecule has 2 N–H and O–H groups in total. The number of thioether (sulfide) groups is 1. The topological polar surface area (TPSA) is 64.9 Å². The Morgan fingerprint density at radius 1 is 1.10 bits per heavy atom. The zero-order valence-electron chi connectivity index (χ0n) is 12.5. The van der Waals surface area contributed by atoms with Gasteiger partial charge < -0.3 is 10.3 Å². The van der Waals surface area contributed by atoms with Crippen LogP contribution in [0.3, 0.4) is 0 Å². The van der Waals surface area contributed by atoms with Crippen molar-refractivity contribution in [3.63, 3.8) is 0 Å². The second-order valence-electron chi connectivity index (χ2n) is 4.92. The molecule has 0 unspecified atom stereocenters. The van der Waals surface area contributed by atoms with Gasteiger partial charge in [-0.1, -0.05) is 24.9 Å². The Bertz CT molecular complexity index is 525. The number of unbranched alkanes of at least 4 members (excludes halogenated alkanes) is 3. The summed E-state index contributed by atoms with van der Waals surface area (Å²) >= 11 is 1.83. The highest BCUT2D eigenvalue weighted by molar-refractivity contribution is 7.99. The standard InChI is InChI=1S/C16H23N3OS/c1-2-21-14-10-8-13(9-11-14)16-18-15(20-19-16)7-5-3-4-6-12-17/h8-11H,2-7,12,17H2,1H3. The zero-order chi connectivity index (χ0) is 14.9. The van der Waals surface area contributed by atoms with Gasteiger partial charge in [0.1, 0.15) is 0 Å². The van der Waals surface area contributed by atoms with Crippen molar-refractivity contribution in [1.29, 1.82) is 0 Å². The van der Waals surface area contributed by atoms with Gasteiger partial charge in [0.15, 0.2) is 0 Å². The third-order valence-electron chi connectivity index (χ3n) is 3.24. The molecule has 4 nitrogen and oxygen atoms in total. The Morgan fingerprint density at radius 2 is 1.86 bits per heavy atom. The SMILES string of the molecule is CCSc1ccc(-c2noc(CCCCCCN)n2)cc1. The molecule has 2 rings (SSSR count). The van der Waals surface area contributed by atoms with Crippen LogP contribution >= 0.6 is 11.8 Å². The molecule has 0 aliphatic carbocycles. The van der Waals surface area contributed by atoms with Gasteiger partial charge in [-0.15, -0.1) is 11.8 Å². The number of hydrogen-bond acceptors (Lipinski definition) is 5. The molecule has 2 aromatic rings. The van der Waals surface area contributed by atoms with Crippen LogP contribution in [0.4, 0.5) is 0 Å². The second-order valence-corrected chi connectivity index (χ2v) is 6.26. The largest absolute Gasteiger partial charge is 0.339 e. The summed E-state index contributed by atoms with van der Waals surface area (Å²) in [5, 5.41) is 4.06. The van der Waals surface area contributed by atoms with Crippen molar-refractivity contribution >= 4 is 11.8 Å². The summed E-state index contributed by atoms with van der Waals surface area (Å²) in [6.07, 6.45) is 5.36. The predicted molar refractivity (Wildman–Crippen MR) is 87.4 cm³/mol. The first-order valence-corrected chi connectivity index (χ1v) is 8.58. The van der Waals surface area contributed by atoms with Crippen molar-refractivity contribution < 1.29 is 4.52 Å². The third-order valence-corrected chi connectivity index (χ3v) is 4.13. The molecule has 0 atom stereocenters. The minimum absolute atomic E-state index is 0.681. The molecule has 0 aliphatic heterocycles. The molecular formula is C16H23N3OS. The molecule has 0 spiro atoms. The van der Waals surface area contributed by atoms with Gasteiger partial charge in [-0.3, -0.25) is 0 Å². The van der Waals surface area contributed by atoms with Crippen LogP contribution in [-0.4, -0.2) is 22.4 Å². The van der Waals surface area contributed by atoms with Gasteiger partial charge in [0.05, 0.1) is 0 Å². The fourth-order valence-electron chi connectivity index (χ4n) is 2.11. The van der Waals surface area contributed by atoms with Crippen LogP contribution < -0.4 is 5.73 Å². The molecule has 0 fully saturated rings. The van der Waals surface area contributed by atoms with Gasteiger partial charge in [0.25, 0.3) is 0 Å². The summed E-state index contributed by atoms with van der Waals surface area (Å²) < 4.78 is 5.31. The normalized spacial score (nSPS) is 11.0. The van der Waals surface area contributed by atoms with E-state index in [4.69, 9.17) is 10.3 Å². The lowest BCUT2D eigenvalue weighted by Gasteiger charge is -1.99. The molecule has 0 radical (unpaired) electrons. The number of aryl methyl sites for hydroxylation is 1. The lowest BCUT2D eigenvalue weighted by Crippen LogP contribution is -1.97. The van der Waals surface area contributed by atoms with E-state index in [9.17, 15) is 0 Å². The Labute approximate surface area is 130 Å². The monoisotopic (exact) mass is 305 g/mol. The van der Waals surface area contributed by atoms with Gasteiger partial charge in [-0.05, 0) is 49.4 Å². The molecule has 0 bridgehead atoms. The first kappa shape index (κ1) is 16.0. The van der Waals surface area contributed by atoms with E-state index in [0.29, 0.717) is 5.82 Å². The summed E-state index contributed by atoms with van der Waals surface area (Å²) in [6, 6.07) is 8.31. The van der Waals surface area contributed by atoms with Crippen molar-refractivity contribution in [3.8, 4) is 11.4 Å². The first-order chi connectivity index (χ1) is 10.3. The van der Waals surface area contributed by atoms with Crippen LogP contribution in [-0.2, 0) is 6.42 Å². The van der Waals surface area contributed by atoms with Crippen molar-refractivity contribution in [1.82, 2.24) is 10.1 Å². The van der Waals surface area contributed by atoms with E-state index in [2.05, 4.69) is 29.2 Å². The van der Waals surface area contributed by atoms with Gasteiger partial charge in [0.2, 0.25) is 11.7 Å². The highest BCUT2D eigenvalue weighted by atomic mass is 32.2. The number of benzene rings is 1. The van der Waals surface area contributed by atoms with E-state index in [1.165, 1.54) is 11.3 Å². The van der Waals surface area contributed by atoms with Crippen molar-refractivity contribution in [2.45, 2.75) is 43.9 Å². The van der Waals surface area contributed by atoms with Crippen LogP contribution in [0.2, 0.25) is 0 Å². The first-order valence-electron chi connectivity index (χ1n) is 7.59. The summed E-state index contributed by atoms with van der Waals surface area (Å²) in [5.74, 6) is 2.49. The Balaban J connectivity index is 1.87. The van der Waals surface area contributed by atoms with Crippen molar-refractivity contribution in [2.75, 3.05) is 12.3 Å². The molecule has 1 aromatic carbocycles. The summed E-state index contributed by atoms with van der Waals surface area (Å²) in [6.45, 7) is 2.93. The lowest BCUT2D eigenvalue weighted by molar-refractivity contribution is 0.374. The van der Waals surface area contributed by atoms with E-state index >= 15 is 0 Å². The molecule has 0 saturated carbocycles. The highest BCUT2D eigenvalue weighted by Gasteiger charge is 2.08. The molecule has 21 heavy (non-hydrogen) atoms. The maximum atomic E-state index is 5.48. The summed E-state index contributed by atoms with van der Waals surface area (Å²) in [7, 11) is 0. The number of hydrogen-bond donors (Lipinski definition) is 1. The van der Waals surface area contributed by atoms with Crippen LogP contribution in [0.15, 0.2) is 33.7 Å². The fraction of sp³-hybridized carbons (Fsp3) is 0.500. The molecule has 0 aliphatic rings. The average Bonchev–Trinajstić information content (AvgIpc) is 2.97. The zero-order valence-corrected chi connectivity index (χ0v) is 13.4. The quantitative estimate of drug-likeness (QED) is 0.562. The van der Waals surface area contributed by atoms with Crippen molar-refractivity contribution in [3.05, 3.63) is 30.2 Å².